The minimum atomic E-state index is -0.927. The van der Waals surface area contributed by atoms with E-state index in [9.17, 15) is 9.90 Å². The molecule has 0 saturated carbocycles. The van der Waals surface area contributed by atoms with Gasteiger partial charge in [0.25, 0.3) is 0 Å². The Kier molecular flexibility index (Phi) is 8.98. The number of rotatable bonds is 11. The molecule has 1 unspecified atom stereocenters. The molecule has 0 amide bonds. The van der Waals surface area contributed by atoms with Crippen LogP contribution in [-0.2, 0) is 11.8 Å². The Balaban J connectivity index is 2.40. The quantitative estimate of drug-likeness (QED) is 0.339. The molecule has 0 aliphatic carbocycles. The Morgan fingerprint density at radius 1 is 1.03 bits per heavy atom. The van der Waals surface area contributed by atoms with E-state index >= 15 is 0 Å². The van der Waals surface area contributed by atoms with Gasteiger partial charge in [0.15, 0.2) is 5.78 Å². The normalized spacial score (nSPS) is 14.4. The van der Waals surface area contributed by atoms with Crippen molar-refractivity contribution in [3.63, 3.8) is 0 Å². The van der Waals surface area contributed by atoms with Crippen LogP contribution in [-0.4, -0.2) is 23.1 Å². The maximum absolute atomic E-state index is 12.7. The number of ketones is 1. The molecule has 2 rings (SSSR count). The fraction of sp³-hybridized carbons (Fsp3) is 0.621. The van der Waals surface area contributed by atoms with Crippen LogP contribution >= 0.6 is 11.3 Å². The molecular weight excluding hydrogens is 428 g/mol. The van der Waals surface area contributed by atoms with Gasteiger partial charge in [-0.25, -0.2) is 0 Å². The molecule has 0 bridgehead atoms. The summed E-state index contributed by atoms with van der Waals surface area (Å²) in [7, 11) is 0. The van der Waals surface area contributed by atoms with Gasteiger partial charge in [0.1, 0.15) is 18.0 Å². The van der Waals surface area contributed by atoms with Crippen LogP contribution in [0.15, 0.2) is 30.3 Å². The van der Waals surface area contributed by atoms with Crippen LogP contribution in [0.5, 0.6) is 5.75 Å². The van der Waals surface area contributed by atoms with Gasteiger partial charge in [-0.3, -0.25) is 4.79 Å². The van der Waals surface area contributed by atoms with Crippen LogP contribution in [0.3, 0.4) is 0 Å². The summed E-state index contributed by atoms with van der Waals surface area (Å²) in [5.74, 6) is 1.45. The summed E-state index contributed by atoms with van der Waals surface area (Å²) < 4.78 is 6.14. The van der Waals surface area contributed by atoms with Gasteiger partial charge < -0.3 is 9.84 Å². The molecule has 0 saturated heterocycles. The second-order valence-corrected chi connectivity index (χ2v) is 12.0. The van der Waals surface area contributed by atoms with Crippen LogP contribution in [0.4, 0.5) is 0 Å². The minimum Gasteiger partial charge on any atom is -0.490 e. The standard InChI is InChI=1S/C29H44O3S/c1-10-21-18-22(13-14-24(21)32-19-28(9,31)27(6,7)8)29(11-2,12-3)26-16-15-25(33-26)23(30)17-20(4)5/h13-16,18,20,31H,10-12,17,19H2,1-9H3. The van der Waals surface area contributed by atoms with E-state index in [2.05, 4.69) is 58.9 Å². The Labute approximate surface area is 205 Å². The smallest absolute Gasteiger partial charge is 0.173 e. The van der Waals surface area contributed by atoms with Gasteiger partial charge in [0.2, 0.25) is 0 Å². The molecule has 1 aromatic carbocycles. The van der Waals surface area contributed by atoms with Gasteiger partial charge in [-0.2, -0.15) is 0 Å². The maximum atomic E-state index is 12.7. The van der Waals surface area contributed by atoms with E-state index < -0.39 is 5.60 Å². The van der Waals surface area contributed by atoms with Gasteiger partial charge >= 0.3 is 0 Å². The van der Waals surface area contributed by atoms with Crippen molar-refractivity contribution in [2.75, 3.05) is 6.61 Å². The van der Waals surface area contributed by atoms with Crippen LogP contribution < -0.4 is 4.74 Å². The molecule has 1 heterocycles. The number of carbonyl (C=O) groups is 1. The van der Waals surface area contributed by atoms with E-state index in [1.54, 1.807) is 11.3 Å². The predicted octanol–water partition coefficient (Wildman–Crippen LogP) is 7.82. The average Bonchev–Trinajstić information content (AvgIpc) is 3.23. The summed E-state index contributed by atoms with van der Waals surface area (Å²) in [6.45, 7) is 18.9. The van der Waals surface area contributed by atoms with Crippen molar-refractivity contribution in [3.8, 4) is 5.75 Å². The first-order chi connectivity index (χ1) is 15.3. The number of ether oxygens (including phenoxy) is 1. The molecule has 33 heavy (non-hydrogen) atoms. The highest BCUT2D eigenvalue weighted by atomic mass is 32.1. The zero-order valence-corrected chi connectivity index (χ0v) is 23.0. The first-order valence-electron chi connectivity index (χ1n) is 12.4. The van der Waals surface area contributed by atoms with Crippen molar-refractivity contribution in [2.45, 2.75) is 99.0 Å². The van der Waals surface area contributed by atoms with E-state index in [0.717, 1.165) is 35.5 Å². The molecule has 0 fully saturated rings. The Hall–Kier alpha value is -1.65. The fourth-order valence-electron chi connectivity index (χ4n) is 4.09. The largest absolute Gasteiger partial charge is 0.490 e. The van der Waals surface area contributed by atoms with Crippen molar-refractivity contribution in [1.29, 1.82) is 0 Å². The number of thiophene rings is 1. The van der Waals surface area contributed by atoms with Gasteiger partial charge in [0.05, 0.1) is 4.88 Å². The first-order valence-corrected chi connectivity index (χ1v) is 13.2. The van der Waals surface area contributed by atoms with E-state index in [-0.39, 0.29) is 23.2 Å². The summed E-state index contributed by atoms with van der Waals surface area (Å²) in [5, 5.41) is 10.8. The molecule has 0 aliphatic heterocycles. The number of carbonyl (C=O) groups excluding carboxylic acids is 1. The molecule has 184 valence electrons. The second-order valence-electron chi connectivity index (χ2n) is 11.0. The second kappa shape index (κ2) is 10.7. The average molecular weight is 473 g/mol. The summed E-state index contributed by atoms with van der Waals surface area (Å²) >= 11 is 1.65. The molecular formula is C29H44O3S. The number of hydrogen-bond acceptors (Lipinski definition) is 4. The molecule has 1 atom stereocenters. The lowest BCUT2D eigenvalue weighted by molar-refractivity contribution is -0.0726. The number of benzene rings is 1. The zero-order chi connectivity index (χ0) is 25.0. The summed E-state index contributed by atoms with van der Waals surface area (Å²) in [6, 6.07) is 10.7. The lowest BCUT2D eigenvalue weighted by Crippen LogP contribution is -2.45. The van der Waals surface area contributed by atoms with Crippen molar-refractivity contribution in [2.24, 2.45) is 11.3 Å². The van der Waals surface area contributed by atoms with Gasteiger partial charge in [0, 0.05) is 16.7 Å². The number of Topliss-reactive ketones (excluding diaryl/α,β-unsaturated/α-hetero) is 1. The molecule has 0 aliphatic rings. The Morgan fingerprint density at radius 3 is 2.18 bits per heavy atom. The van der Waals surface area contributed by atoms with E-state index in [1.807, 2.05) is 33.8 Å². The highest BCUT2D eigenvalue weighted by Gasteiger charge is 2.37. The summed E-state index contributed by atoms with van der Waals surface area (Å²) in [4.78, 5) is 14.8. The number of hydrogen-bond donors (Lipinski definition) is 1. The molecule has 2 aromatic rings. The topological polar surface area (TPSA) is 46.5 Å². The molecule has 0 radical (unpaired) electrons. The minimum absolute atomic E-state index is 0.125. The van der Waals surface area contributed by atoms with Crippen LogP contribution in [0.1, 0.15) is 107 Å². The van der Waals surface area contributed by atoms with Gasteiger partial charge in [-0.15, -0.1) is 11.3 Å². The van der Waals surface area contributed by atoms with Gasteiger partial charge in [-0.1, -0.05) is 67.5 Å². The summed E-state index contributed by atoms with van der Waals surface area (Å²) in [5.41, 5.74) is 1.09. The molecule has 4 heteroatoms. The summed E-state index contributed by atoms with van der Waals surface area (Å²) in [6.07, 6.45) is 3.37. The fourth-order valence-corrected chi connectivity index (χ4v) is 5.40. The number of aryl methyl sites for hydroxylation is 1. The van der Waals surface area contributed by atoms with Crippen molar-refractivity contribution >= 4 is 17.1 Å². The van der Waals surface area contributed by atoms with E-state index in [0.29, 0.717) is 12.3 Å². The van der Waals surface area contributed by atoms with Crippen molar-refractivity contribution in [3.05, 3.63) is 51.2 Å². The molecule has 3 nitrogen and oxygen atoms in total. The van der Waals surface area contributed by atoms with Crippen LogP contribution in [0.2, 0.25) is 0 Å². The Morgan fingerprint density at radius 2 is 1.67 bits per heavy atom. The monoisotopic (exact) mass is 472 g/mol. The third kappa shape index (κ3) is 6.08. The van der Waals surface area contributed by atoms with Crippen molar-refractivity contribution < 1.29 is 14.6 Å². The van der Waals surface area contributed by atoms with E-state index in [1.165, 1.54) is 10.4 Å². The SMILES string of the molecule is CCc1cc(C(CC)(CC)c2ccc(C(=O)CC(C)C)s2)ccc1OCC(C)(O)C(C)(C)C. The van der Waals surface area contributed by atoms with Gasteiger partial charge in [-0.05, 0) is 66.8 Å². The van der Waals surface area contributed by atoms with Crippen molar-refractivity contribution in [1.82, 2.24) is 0 Å². The molecule has 0 spiro atoms. The third-order valence-corrected chi connectivity index (χ3v) is 8.60. The van der Waals surface area contributed by atoms with Crippen LogP contribution in [0.25, 0.3) is 0 Å². The zero-order valence-electron chi connectivity index (χ0n) is 22.2. The molecule has 1 aromatic heterocycles. The predicted molar refractivity (Wildman–Crippen MR) is 141 cm³/mol. The van der Waals surface area contributed by atoms with E-state index in [4.69, 9.17) is 4.74 Å². The van der Waals surface area contributed by atoms with Crippen LogP contribution in [0, 0.1) is 11.3 Å². The lowest BCUT2D eigenvalue weighted by atomic mass is 9.74. The lowest BCUT2D eigenvalue weighted by Gasteiger charge is -2.37. The highest BCUT2D eigenvalue weighted by molar-refractivity contribution is 7.14. The highest BCUT2D eigenvalue weighted by Crippen LogP contribution is 2.44. The molecule has 1 N–H and O–H groups in total. The third-order valence-electron chi connectivity index (χ3n) is 7.27. The maximum Gasteiger partial charge on any atom is 0.173 e. The Bertz CT molecular complexity index is 927. The first kappa shape index (κ1) is 27.6. The number of aliphatic hydroxyl groups is 1.